The zero-order chi connectivity index (χ0) is 33.3. The van der Waals surface area contributed by atoms with Crippen LogP contribution in [0.3, 0.4) is 0 Å². The van der Waals surface area contributed by atoms with Gasteiger partial charge >= 0.3 is 5.97 Å². The summed E-state index contributed by atoms with van der Waals surface area (Å²) in [6, 6.07) is 6.23. The average Bonchev–Trinajstić information content (AvgIpc) is 2.92. The Morgan fingerprint density at radius 1 is 0.818 bits per heavy atom. The molecule has 0 radical (unpaired) electrons. The molecule has 1 unspecified atom stereocenters. The Morgan fingerprint density at radius 3 is 1.98 bits per heavy atom. The van der Waals surface area contributed by atoms with Crippen molar-refractivity contribution in [2.45, 2.75) is 71.1 Å². The summed E-state index contributed by atoms with van der Waals surface area (Å²) in [6.07, 6.45) is 0.0330. The van der Waals surface area contributed by atoms with Crippen LogP contribution in [0.5, 0.6) is 0 Å². The summed E-state index contributed by atoms with van der Waals surface area (Å²) in [5, 5.41) is 20.9. The second-order valence-corrected chi connectivity index (χ2v) is 11.2. The topological polar surface area (TPSA) is 235 Å². The van der Waals surface area contributed by atoms with Gasteiger partial charge in [-0.3, -0.25) is 33.6 Å². The molecule has 6 amide bonds. The molecule has 1 aromatic carbocycles. The minimum absolute atomic E-state index is 0.0963. The fraction of sp³-hybridized carbons (Fsp3) is 0.552. The SMILES string of the molecule is CC(C)CCOC(C)(C)CC(=O)NC(CC(=O)O)C(=O)NCC(=O)NCC(=O)N[C@@H](Cc1ccccc1)C(=O)NCC(N)=O. The standard InChI is InChI=1S/C29H44N6O9/c1-18(2)10-11-44-29(3,4)14-23(37)34-21(13-26(40)41)28(43)33-16-24(38)31-17-25(39)35-20(27(42)32-15-22(30)36)12-19-8-6-5-7-9-19/h5-9,18,20-21H,10-17H2,1-4H3,(H2,30,36)(H,31,38)(H,32,42)(H,33,43)(H,34,37)(H,35,39)(H,40,41)/t20-,21?/m0/s1. The molecule has 2 atom stereocenters. The van der Waals surface area contributed by atoms with Crippen LogP contribution in [0.25, 0.3) is 0 Å². The predicted molar refractivity (Wildman–Crippen MR) is 159 cm³/mol. The Morgan fingerprint density at radius 2 is 1.39 bits per heavy atom. The van der Waals surface area contributed by atoms with Crippen LogP contribution in [0.1, 0.15) is 52.5 Å². The van der Waals surface area contributed by atoms with Crippen molar-refractivity contribution in [3.05, 3.63) is 35.9 Å². The van der Waals surface area contributed by atoms with Gasteiger partial charge < -0.3 is 42.2 Å². The van der Waals surface area contributed by atoms with Crippen molar-refractivity contribution in [3.63, 3.8) is 0 Å². The first-order chi connectivity index (χ1) is 20.6. The highest BCUT2D eigenvalue weighted by Crippen LogP contribution is 2.16. The molecule has 0 saturated carbocycles. The van der Waals surface area contributed by atoms with Crippen LogP contribution in [0.2, 0.25) is 0 Å². The maximum atomic E-state index is 12.6. The third-order valence-corrected chi connectivity index (χ3v) is 6.05. The van der Waals surface area contributed by atoms with E-state index in [4.69, 9.17) is 10.5 Å². The van der Waals surface area contributed by atoms with Crippen LogP contribution in [0.15, 0.2) is 30.3 Å². The number of benzene rings is 1. The number of carbonyl (C=O) groups excluding carboxylic acids is 6. The molecule has 0 aliphatic heterocycles. The Labute approximate surface area is 256 Å². The van der Waals surface area contributed by atoms with E-state index in [1.807, 2.05) is 13.8 Å². The molecule has 0 aromatic heterocycles. The van der Waals surface area contributed by atoms with Crippen LogP contribution in [0, 0.1) is 5.92 Å². The lowest BCUT2D eigenvalue weighted by Gasteiger charge is -2.26. The third kappa shape index (κ3) is 16.8. The maximum absolute atomic E-state index is 12.6. The summed E-state index contributed by atoms with van der Waals surface area (Å²) in [7, 11) is 0. The highest BCUT2D eigenvalue weighted by atomic mass is 16.5. The second-order valence-electron chi connectivity index (χ2n) is 11.2. The summed E-state index contributed by atoms with van der Waals surface area (Å²) >= 11 is 0. The molecule has 0 spiro atoms. The van der Waals surface area contributed by atoms with Gasteiger partial charge in [0.05, 0.1) is 38.1 Å². The van der Waals surface area contributed by atoms with Gasteiger partial charge in [-0.2, -0.15) is 0 Å². The summed E-state index contributed by atoms with van der Waals surface area (Å²) < 4.78 is 5.74. The quantitative estimate of drug-likeness (QED) is 0.0920. The minimum Gasteiger partial charge on any atom is -0.481 e. The molecule has 244 valence electrons. The van der Waals surface area contributed by atoms with Crippen molar-refractivity contribution in [1.82, 2.24) is 26.6 Å². The average molecular weight is 621 g/mol. The molecule has 44 heavy (non-hydrogen) atoms. The number of primary amides is 1. The number of nitrogens with one attached hydrogen (secondary N) is 5. The fourth-order valence-corrected chi connectivity index (χ4v) is 3.77. The van der Waals surface area contributed by atoms with Gasteiger partial charge in [-0.25, -0.2) is 0 Å². The Kier molecular flexibility index (Phi) is 16.1. The van der Waals surface area contributed by atoms with Gasteiger partial charge in [0.1, 0.15) is 12.1 Å². The van der Waals surface area contributed by atoms with E-state index in [0.717, 1.165) is 12.0 Å². The lowest BCUT2D eigenvalue weighted by Crippen LogP contribution is -2.53. The summed E-state index contributed by atoms with van der Waals surface area (Å²) in [4.78, 5) is 84.8. The van der Waals surface area contributed by atoms with Crippen LogP contribution in [-0.2, 0) is 44.7 Å². The molecule has 0 aliphatic carbocycles. The van der Waals surface area contributed by atoms with Gasteiger partial charge in [0.25, 0.3) is 0 Å². The Hall–Kier alpha value is -4.53. The van der Waals surface area contributed by atoms with E-state index in [1.54, 1.807) is 44.2 Å². The molecule has 0 saturated heterocycles. The van der Waals surface area contributed by atoms with Crippen molar-refractivity contribution in [1.29, 1.82) is 0 Å². The van der Waals surface area contributed by atoms with E-state index in [1.165, 1.54) is 0 Å². The number of hydrogen-bond donors (Lipinski definition) is 7. The molecule has 0 fully saturated rings. The van der Waals surface area contributed by atoms with Crippen LogP contribution < -0.4 is 32.3 Å². The molecule has 15 nitrogen and oxygen atoms in total. The highest BCUT2D eigenvalue weighted by molar-refractivity contribution is 5.94. The lowest BCUT2D eigenvalue weighted by atomic mass is 10.0. The number of amides is 6. The highest BCUT2D eigenvalue weighted by Gasteiger charge is 2.28. The Bertz CT molecular complexity index is 1160. The van der Waals surface area contributed by atoms with Crippen molar-refractivity contribution < 1.29 is 43.4 Å². The molecule has 8 N–H and O–H groups in total. The van der Waals surface area contributed by atoms with E-state index in [9.17, 15) is 38.7 Å². The van der Waals surface area contributed by atoms with E-state index in [-0.39, 0.29) is 12.8 Å². The smallest absolute Gasteiger partial charge is 0.305 e. The van der Waals surface area contributed by atoms with Gasteiger partial charge in [-0.05, 0) is 31.7 Å². The van der Waals surface area contributed by atoms with Gasteiger partial charge in [0, 0.05) is 13.0 Å². The monoisotopic (exact) mass is 620 g/mol. The van der Waals surface area contributed by atoms with E-state index in [0.29, 0.717) is 12.5 Å². The van der Waals surface area contributed by atoms with E-state index >= 15 is 0 Å². The van der Waals surface area contributed by atoms with Gasteiger partial charge in [-0.1, -0.05) is 44.2 Å². The van der Waals surface area contributed by atoms with E-state index in [2.05, 4.69) is 26.6 Å². The van der Waals surface area contributed by atoms with Crippen LogP contribution in [-0.4, -0.2) is 90.4 Å². The second kappa shape index (κ2) is 18.9. The van der Waals surface area contributed by atoms with Crippen LogP contribution >= 0.6 is 0 Å². The first kappa shape index (κ1) is 37.5. The van der Waals surface area contributed by atoms with Gasteiger partial charge in [0.15, 0.2) is 0 Å². The molecule has 0 aliphatic rings. The number of aliphatic carboxylic acids is 1. The van der Waals surface area contributed by atoms with Crippen molar-refractivity contribution in [2.75, 3.05) is 26.2 Å². The van der Waals surface area contributed by atoms with Gasteiger partial charge in [-0.15, -0.1) is 0 Å². The van der Waals surface area contributed by atoms with Crippen molar-refractivity contribution >= 4 is 41.4 Å². The number of nitrogens with two attached hydrogens (primary N) is 1. The summed E-state index contributed by atoms with van der Waals surface area (Å²) in [5.74, 6) is -5.38. The zero-order valence-corrected chi connectivity index (χ0v) is 25.6. The Balaban J connectivity index is 2.64. The number of hydrogen-bond acceptors (Lipinski definition) is 8. The molecule has 0 heterocycles. The number of rotatable bonds is 20. The third-order valence-electron chi connectivity index (χ3n) is 6.05. The molecule has 15 heteroatoms. The number of carboxylic acid groups (broad SMARTS) is 1. The molecular weight excluding hydrogens is 576 g/mol. The normalized spacial score (nSPS) is 12.4. The largest absolute Gasteiger partial charge is 0.481 e. The first-order valence-corrected chi connectivity index (χ1v) is 14.2. The first-order valence-electron chi connectivity index (χ1n) is 14.2. The van der Waals surface area contributed by atoms with Gasteiger partial charge in [0.2, 0.25) is 35.4 Å². The lowest BCUT2D eigenvalue weighted by molar-refractivity contribution is -0.141. The molecular formula is C29H44N6O9. The summed E-state index contributed by atoms with van der Waals surface area (Å²) in [6.45, 7) is 6.32. The molecule has 1 aromatic rings. The number of carboxylic acids is 1. The number of ether oxygens (including phenoxy) is 1. The fourth-order valence-electron chi connectivity index (χ4n) is 3.77. The number of carbonyl (C=O) groups is 7. The maximum Gasteiger partial charge on any atom is 0.305 e. The molecule has 1 rings (SSSR count). The van der Waals surface area contributed by atoms with Crippen molar-refractivity contribution in [3.8, 4) is 0 Å². The van der Waals surface area contributed by atoms with Crippen molar-refractivity contribution in [2.24, 2.45) is 11.7 Å². The van der Waals surface area contributed by atoms with E-state index < -0.39 is 85.2 Å². The summed E-state index contributed by atoms with van der Waals surface area (Å²) in [5.41, 5.74) is 4.94. The molecule has 0 bridgehead atoms. The minimum atomic E-state index is -1.46. The van der Waals surface area contributed by atoms with Crippen LogP contribution in [0.4, 0.5) is 0 Å². The zero-order valence-electron chi connectivity index (χ0n) is 25.6. The predicted octanol–water partition coefficient (Wildman–Crippen LogP) is -1.26.